The van der Waals surface area contributed by atoms with Gasteiger partial charge in [-0.15, -0.1) is 0 Å². The number of pyridine rings is 1. The lowest BCUT2D eigenvalue weighted by Gasteiger charge is -2.38. The first-order valence-electron chi connectivity index (χ1n) is 8.74. The molecule has 2 aromatic carbocycles. The molecule has 2 heterocycles. The molecule has 4 rings (SSSR count). The zero-order valence-electron chi connectivity index (χ0n) is 14.8. The third-order valence-electron chi connectivity index (χ3n) is 5.28. The van der Waals surface area contributed by atoms with Crippen molar-refractivity contribution in [2.24, 2.45) is 4.99 Å². The van der Waals surface area contributed by atoms with Crippen LogP contribution >= 0.6 is 0 Å². The number of para-hydroxylation sites is 1. The van der Waals surface area contributed by atoms with Crippen LogP contribution in [0, 0.1) is 5.82 Å². The lowest BCUT2D eigenvalue weighted by Crippen LogP contribution is -2.39. The minimum absolute atomic E-state index is 0.0402. The molecule has 0 saturated carbocycles. The second kappa shape index (κ2) is 5.76. The molecule has 0 N–H and O–H groups in total. The predicted octanol–water partition coefficient (Wildman–Crippen LogP) is 5.28. The monoisotopic (exact) mass is 332 g/mol. The van der Waals surface area contributed by atoms with Crippen molar-refractivity contribution in [1.29, 1.82) is 0 Å². The molecular formula is C22H21FN2. The summed E-state index contributed by atoms with van der Waals surface area (Å²) >= 11 is 0. The Hall–Kier alpha value is -2.55. The zero-order valence-corrected chi connectivity index (χ0v) is 14.8. The molecule has 3 aromatic rings. The fourth-order valence-corrected chi connectivity index (χ4v) is 3.96. The second-order valence-electron chi connectivity index (χ2n) is 7.20. The summed E-state index contributed by atoms with van der Waals surface area (Å²) in [7, 11) is 0. The van der Waals surface area contributed by atoms with Crippen molar-refractivity contribution in [3.8, 4) is 0 Å². The molecule has 1 aromatic heterocycles. The summed E-state index contributed by atoms with van der Waals surface area (Å²) in [5, 5.41) is 1.07. The van der Waals surface area contributed by atoms with Crippen molar-refractivity contribution < 1.29 is 4.39 Å². The fraction of sp³-hybridized carbons (Fsp3) is 0.273. The molecule has 1 aliphatic rings. The molecule has 1 atom stereocenters. The lowest BCUT2D eigenvalue weighted by atomic mass is 9.71. The molecule has 25 heavy (non-hydrogen) atoms. The second-order valence-corrected chi connectivity index (χ2v) is 7.20. The largest absolute Gasteiger partial charge is 0.280 e. The van der Waals surface area contributed by atoms with E-state index < -0.39 is 0 Å². The van der Waals surface area contributed by atoms with Gasteiger partial charge in [-0.1, -0.05) is 51.1 Å². The molecule has 0 fully saturated rings. The van der Waals surface area contributed by atoms with E-state index >= 15 is 0 Å². The highest BCUT2D eigenvalue weighted by Crippen LogP contribution is 2.40. The summed E-state index contributed by atoms with van der Waals surface area (Å²) < 4.78 is 14.7. The molecule has 126 valence electrons. The zero-order chi connectivity index (χ0) is 17.6. The van der Waals surface area contributed by atoms with Crippen LogP contribution in [-0.2, 0) is 5.41 Å². The smallest absolute Gasteiger partial charge is 0.127 e. The van der Waals surface area contributed by atoms with Crippen LogP contribution in [0.1, 0.15) is 43.9 Å². The van der Waals surface area contributed by atoms with Crippen molar-refractivity contribution in [2.45, 2.75) is 38.6 Å². The van der Waals surface area contributed by atoms with Crippen LogP contribution in [0.3, 0.4) is 0 Å². The van der Waals surface area contributed by atoms with E-state index in [0.29, 0.717) is 0 Å². The summed E-state index contributed by atoms with van der Waals surface area (Å²) in [5.41, 5.74) is 4.06. The topological polar surface area (TPSA) is 25.2 Å². The van der Waals surface area contributed by atoms with Gasteiger partial charge in [-0.25, -0.2) is 4.39 Å². The highest BCUT2D eigenvalue weighted by atomic mass is 19.1. The highest BCUT2D eigenvalue weighted by Gasteiger charge is 2.39. The lowest BCUT2D eigenvalue weighted by molar-refractivity contribution is 0.378. The van der Waals surface area contributed by atoms with Gasteiger partial charge in [0.1, 0.15) is 5.82 Å². The minimum Gasteiger partial charge on any atom is -0.280 e. The fourth-order valence-electron chi connectivity index (χ4n) is 3.96. The van der Waals surface area contributed by atoms with Crippen molar-refractivity contribution in [2.75, 3.05) is 0 Å². The first-order valence-corrected chi connectivity index (χ1v) is 8.74. The molecule has 2 nitrogen and oxygen atoms in total. The van der Waals surface area contributed by atoms with Crippen molar-refractivity contribution >= 4 is 16.6 Å². The van der Waals surface area contributed by atoms with Crippen LogP contribution < -0.4 is 0 Å². The molecule has 0 spiro atoms. The van der Waals surface area contributed by atoms with E-state index in [2.05, 4.69) is 31.8 Å². The quantitative estimate of drug-likeness (QED) is 0.626. The van der Waals surface area contributed by atoms with Crippen LogP contribution in [0.2, 0.25) is 0 Å². The Labute approximate surface area is 147 Å². The predicted molar refractivity (Wildman–Crippen MR) is 101 cm³/mol. The van der Waals surface area contributed by atoms with E-state index in [9.17, 15) is 4.39 Å². The van der Waals surface area contributed by atoms with Gasteiger partial charge < -0.3 is 0 Å². The normalized spacial score (nSPS) is 18.7. The first-order chi connectivity index (χ1) is 12.0. The van der Waals surface area contributed by atoms with E-state index in [4.69, 9.17) is 4.99 Å². The third kappa shape index (κ3) is 2.46. The van der Waals surface area contributed by atoms with Crippen molar-refractivity contribution in [3.63, 3.8) is 0 Å². The third-order valence-corrected chi connectivity index (χ3v) is 5.28. The first kappa shape index (κ1) is 15.9. The molecule has 1 aliphatic heterocycles. The molecule has 3 heteroatoms. The SMILES string of the molecule is CCC1N=C(c2cnc3ccccc3c2)c2cccc(F)c2C1(C)C. The Morgan fingerprint density at radius 2 is 1.88 bits per heavy atom. The van der Waals surface area contributed by atoms with Gasteiger partial charge in [-0.2, -0.15) is 0 Å². The molecule has 1 unspecified atom stereocenters. The van der Waals surface area contributed by atoms with E-state index in [1.54, 1.807) is 12.1 Å². The average Bonchev–Trinajstić information content (AvgIpc) is 2.61. The Morgan fingerprint density at radius 1 is 1.08 bits per heavy atom. The van der Waals surface area contributed by atoms with Crippen LogP contribution in [0.4, 0.5) is 4.39 Å². The maximum atomic E-state index is 14.7. The van der Waals surface area contributed by atoms with Crippen molar-refractivity contribution in [1.82, 2.24) is 4.98 Å². The highest BCUT2D eigenvalue weighted by molar-refractivity contribution is 6.15. The molecule has 0 radical (unpaired) electrons. The van der Waals surface area contributed by atoms with E-state index in [-0.39, 0.29) is 17.3 Å². The minimum atomic E-state index is -0.330. The number of hydrogen-bond acceptors (Lipinski definition) is 2. The molecular weight excluding hydrogens is 311 g/mol. The summed E-state index contributed by atoms with van der Waals surface area (Å²) in [5.74, 6) is -0.151. The van der Waals surface area contributed by atoms with Crippen LogP contribution in [0.25, 0.3) is 10.9 Å². The average molecular weight is 332 g/mol. The number of nitrogens with zero attached hydrogens (tertiary/aromatic N) is 2. The van der Waals surface area contributed by atoms with Gasteiger partial charge in [-0.3, -0.25) is 9.98 Å². The summed E-state index contributed by atoms with van der Waals surface area (Å²) in [6, 6.07) is 15.4. The number of halogens is 1. The Kier molecular flexibility index (Phi) is 3.68. The van der Waals surface area contributed by atoms with Crippen LogP contribution in [0.5, 0.6) is 0 Å². The van der Waals surface area contributed by atoms with E-state index in [1.165, 1.54) is 0 Å². The summed E-state index contributed by atoms with van der Waals surface area (Å²) in [4.78, 5) is 9.59. The summed E-state index contributed by atoms with van der Waals surface area (Å²) in [6.45, 7) is 6.28. The molecule has 0 bridgehead atoms. The maximum absolute atomic E-state index is 14.7. The van der Waals surface area contributed by atoms with Gasteiger partial charge in [0.2, 0.25) is 0 Å². The standard InChI is InChI=1S/C22H21FN2/c1-4-19-22(2,3)20-16(9-7-10-17(20)23)21(25-19)15-12-14-8-5-6-11-18(14)24-13-15/h5-13,19H,4H2,1-3H3. The molecule has 0 amide bonds. The number of benzene rings is 2. The van der Waals surface area contributed by atoms with Crippen LogP contribution in [-0.4, -0.2) is 16.7 Å². The van der Waals surface area contributed by atoms with Gasteiger partial charge in [0.25, 0.3) is 0 Å². The van der Waals surface area contributed by atoms with E-state index in [1.807, 2.05) is 36.5 Å². The number of fused-ring (bicyclic) bond motifs is 2. The molecule has 0 saturated heterocycles. The van der Waals surface area contributed by atoms with Gasteiger partial charge >= 0.3 is 0 Å². The maximum Gasteiger partial charge on any atom is 0.127 e. The Balaban J connectivity index is 1.97. The van der Waals surface area contributed by atoms with E-state index in [0.717, 1.165) is 39.7 Å². The van der Waals surface area contributed by atoms with Crippen molar-refractivity contribution in [3.05, 3.63) is 77.2 Å². The number of rotatable bonds is 2. The Morgan fingerprint density at radius 3 is 2.68 bits per heavy atom. The number of hydrogen-bond donors (Lipinski definition) is 0. The Bertz CT molecular complexity index is 988. The van der Waals surface area contributed by atoms with Gasteiger partial charge in [-0.05, 0) is 24.6 Å². The van der Waals surface area contributed by atoms with Gasteiger partial charge in [0.05, 0.1) is 17.3 Å². The van der Waals surface area contributed by atoms with Gasteiger partial charge in [0, 0.05) is 33.7 Å². The molecule has 0 aliphatic carbocycles. The number of aromatic nitrogens is 1. The summed E-state index contributed by atoms with van der Waals surface area (Å²) in [6.07, 6.45) is 2.71. The number of aliphatic imine (C=N–C) groups is 1. The van der Waals surface area contributed by atoms with Gasteiger partial charge in [0.15, 0.2) is 0 Å². The van der Waals surface area contributed by atoms with Crippen LogP contribution in [0.15, 0.2) is 59.7 Å².